The number of hydrogen-bond donors (Lipinski definition) is 0. The number of alkyl halides is 3. The number of carbonyl (C=O) groups excluding carboxylic acids is 1. The first-order valence-electron chi connectivity index (χ1n) is 5.90. The largest absolute Gasteiger partial charge is 0.460 e. The average molecular weight is 302 g/mol. The molecule has 2 aromatic rings. The lowest BCUT2D eigenvalue weighted by Crippen LogP contribution is -2.16. The fourth-order valence-electron chi connectivity index (χ4n) is 1.65. The molecule has 8 heteroatoms. The monoisotopic (exact) mass is 302 g/mol. The van der Waals surface area contributed by atoms with Gasteiger partial charge in [-0.15, -0.1) is 0 Å². The van der Waals surface area contributed by atoms with Crippen molar-refractivity contribution >= 4 is 5.97 Å². The molecule has 0 N–H and O–H groups in total. The minimum atomic E-state index is -4.87. The van der Waals surface area contributed by atoms with Crippen molar-refractivity contribution in [2.24, 2.45) is 0 Å². The summed E-state index contributed by atoms with van der Waals surface area (Å²) in [6.45, 7) is 0.0928. The molecule has 0 unspecified atom stereocenters. The van der Waals surface area contributed by atoms with Crippen LogP contribution in [-0.2, 0) is 17.5 Å². The highest BCUT2D eigenvalue weighted by Crippen LogP contribution is 2.32. The average Bonchev–Trinajstić information content (AvgIpc) is 2.90. The van der Waals surface area contributed by atoms with E-state index in [1.54, 1.807) is 12.3 Å². The first-order valence-corrected chi connectivity index (χ1v) is 5.90. The Kier molecular flexibility index (Phi) is 4.25. The van der Waals surface area contributed by atoms with Gasteiger partial charge in [-0.25, -0.2) is 9.18 Å². The van der Waals surface area contributed by atoms with Crippen molar-refractivity contribution in [3.05, 3.63) is 53.6 Å². The Morgan fingerprint density at radius 1 is 1.29 bits per heavy atom. The van der Waals surface area contributed by atoms with E-state index >= 15 is 0 Å². The molecule has 0 spiro atoms. The number of carbonyl (C=O) groups is 1. The predicted octanol–water partition coefficient (Wildman–Crippen LogP) is 2.90. The third-order valence-corrected chi connectivity index (χ3v) is 2.64. The van der Waals surface area contributed by atoms with Gasteiger partial charge in [0.1, 0.15) is 12.4 Å². The van der Waals surface area contributed by atoms with E-state index in [0.717, 1.165) is 12.1 Å². The molecule has 0 bridgehead atoms. The van der Waals surface area contributed by atoms with Crippen LogP contribution in [-0.4, -0.2) is 22.4 Å². The highest BCUT2D eigenvalue weighted by Gasteiger charge is 2.35. The highest BCUT2D eigenvalue weighted by molar-refractivity contribution is 5.90. The van der Waals surface area contributed by atoms with Gasteiger partial charge >= 0.3 is 12.1 Å². The molecule has 0 fully saturated rings. The van der Waals surface area contributed by atoms with Gasteiger partial charge < -0.3 is 4.74 Å². The quantitative estimate of drug-likeness (QED) is 0.644. The molecule has 1 aromatic heterocycles. The van der Waals surface area contributed by atoms with Crippen LogP contribution in [0.3, 0.4) is 0 Å². The predicted molar refractivity (Wildman–Crippen MR) is 63.9 cm³/mol. The number of aromatic nitrogens is 2. The number of esters is 1. The van der Waals surface area contributed by atoms with Crippen molar-refractivity contribution in [1.82, 2.24) is 9.78 Å². The number of benzene rings is 1. The summed E-state index contributed by atoms with van der Waals surface area (Å²) in [5.74, 6) is -2.78. The maximum absolute atomic E-state index is 13.7. The van der Waals surface area contributed by atoms with Crippen LogP contribution < -0.4 is 0 Å². The Balaban J connectivity index is 2.05. The van der Waals surface area contributed by atoms with E-state index in [2.05, 4.69) is 5.10 Å². The molecule has 1 heterocycles. The van der Waals surface area contributed by atoms with Crippen molar-refractivity contribution in [2.45, 2.75) is 12.7 Å². The van der Waals surface area contributed by atoms with Gasteiger partial charge in [0.05, 0.1) is 17.7 Å². The van der Waals surface area contributed by atoms with Gasteiger partial charge in [-0.05, 0) is 18.2 Å². The second-order valence-corrected chi connectivity index (χ2v) is 4.07. The minimum Gasteiger partial charge on any atom is -0.460 e. The van der Waals surface area contributed by atoms with Crippen LogP contribution in [0.15, 0.2) is 36.7 Å². The van der Waals surface area contributed by atoms with E-state index in [1.807, 2.05) is 0 Å². The van der Waals surface area contributed by atoms with Gasteiger partial charge in [-0.3, -0.25) is 4.68 Å². The molecule has 0 aliphatic carbocycles. The fraction of sp³-hybridized carbons (Fsp3) is 0.231. The molecular weight excluding hydrogens is 292 g/mol. The Hall–Kier alpha value is -2.38. The Labute approximate surface area is 116 Å². The summed E-state index contributed by atoms with van der Waals surface area (Å²) >= 11 is 0. The summed E-state index contributed by atoms with van der Waals surface area (Å²) in [6.07, 6.45) is -1.72. The van der Waals surface area contributed by atoms with E-state index in [0.29, 0.717) is 6.07 Å². The molecule has 4 nitrogen and oxygen atoms in total. The van der Waals surface area contributed by atoms with Crippen molar-refractivity contribution in [3.63, 3.8) is 0 Å². The lowest BCUT2D eigenvalue weighted by molar-refractivity contribution is -0.140. The Morgan fingerprint density at radius 3 is 2.67 bits per heavy atom. The normalized spacial score (nSPS) is 11.4. The molecule has 0 radical (unpaired) electrons. The first kappa shape index (κ1) is 15.0. The van der Waals surface area contributed by atoms with Gasteiger partial charge in [0.25, 0.3) is 0 Å². The van der Waals surface area contributed by atoms with Crippen LogP contribution in [0.4, 0.5) is 17.6 Å². The van der Waals surface area contributed by atoms with Crippen LogP contribution in [0.1, 0.15) is 15.9 Å². The molecule has 0 saturated carbocycles. The summed E-state index contributed by atoms with van der Waals surface area (Å²) in [4.78, 5) is 11.6. The number of nitrogens with zero attached hydrogens (tertiary/aromatic N) is 2. The van der Waals surface area contributed by atoms with E-state index < -0.39 is 29.1 Å². The number of hydrogen-bond acceptors (Lipinski definition) is 3. The second kappa shape index (κ2) is 5.94. The topological polar surface area (TPSA) is 44.1 Å². The van der Waals surface area contributed by atoms with E-state index in [4.69, 9.17) is 4.74 Å². The molecular formula is C13H10F4N2O2. The third-order valence-electron chi connectivity index (χ3n) is 2.64. The lowest BCUT2D eigenvalue weighted by atomic mass is 10.1. The second-order valence-electron chi connectivity index (χ2n) is 4.07. The lowest BCUT2D eigenvalue weighted by Gasteiger charge is -2.11. The smallest absolute Gasteiger partial charge is 0.419 e. The zero-order valence-corrected chi connectivity index (χ0v) is 10.6. The van der Waals surface area contributed by atoms with Gasteiger partial charge in [0.15, 0.2) is 0 Å². The van der Waals surface area contributed by atoms with Crippen molar-refractivity contribution < 1.29 is 27.1 Å². The van der Waals surface area contributed by atoms with E-state index in [-0.39, 0.29) is 13.2 Å². The van der Waals surface area contributed by atoms with Crippen LogP contribution in [0.5, 0.6) is 0 Å². The standard InChI is InChI=1S/C13H10F4N2O2/c14-11-9(3-1-4-10(11)13(15,16)17)12(20)21-8-7-19-6-2-5-18-19/h1-6H,7-8H2. The van der Waals surface area contributed by atoms with Crippen LogP contribution in [0, 0.1) is 5.82 Å². The molecule has 1 aromatic carbocycles. The van der Waals surface area contributed by atoms with Crippen molar-refractivity contribution in [2.75, 3.05) is 6.61 Å². The number of ether oxygens (including phenoxy) is 1. The molecule has 21 heavy (non-hydrogen) atoms. The maximum Gasteiger partial charge on any atom is 0.419 e. The van der Waals surface area contributed by atoms with Crippen molar-refractivity contribution in [3.8, 4) is 0 Å². The van der Waals surface area contributed by atoms with Crippen LogP contribution in [0.2, 0.25) is 0 Å². The fourth-order valence-corrected chi connectivity index (χ4v) is 1.65. The summed E-state index contributed by atoms with van der Waals surface area (Å²) < 4.78 is 57.5. The van der Waals surface area contributed by atoms with E-state index in [1.165, 1.54) is 10.9 Å². The van der Waals surface area contributed by atoms with Crippen molar-refractivity contribution in [1.29, 1.82) is 0 Å². The van der Waals surface area contributed by atoms with Gasteiger partial charge in [0, 0.05) is 12.4 Å². The van der Waals surface area contributed by atoms with E-state index in [9.17, 15) is 22.4 Å². The number of halogens is 4. The molecule has 0 atom stereocenters. The zero-order valence-electron chi connectivity index (χ0n) is 10.6. The molecule has 112 valence electrons. The summed E-state index contributed by atoms with van der Waals surface area (Å²) in [6, 6.07) is 4.13. The third kappa shape index (κ3) is 3.59. The van der Waals surface area contributed by atoms with Crippen LogP contribution in [0.25, 0.3) is 0 Å². The summed E-state index contributed by atoms with van der Waals surface area (Å²) in [5, 5.41) is 3.85. The Morgan fingerprint density at radius 2 is 2.05 bits per heavy atom. The van der Waals surface area contributed by atoms with Crippen LogP contribution >= 0.6 is 0 Å². The first-order chi connectivity index (χ1) is 9.89. The molecule has 0 amide bonds. The Bertz CT molecular complexity index is 624. The molecule has 0 aliphatic heterocycles. The molecule has 0 saturated heterocycles. The highest BCUT2D eigenvalue weighted by atomic mass is 19.4. The molecule has 2 rings (SSSR count). The maximum atomic E-state index is 13.7. The zero-order chi connectivity index (χ0) is 15.5. The minimum absolute atomic E-state index is 0.129. The summed E-state index contributed by atoms with van der Waals surface area (Å²) in [5.41, 5.74) is -2.24. The summed E-state index contributed by atoms with van der Waals surface area (Å²) in [7, 11) is 0. The van der Waals surface area contributed by atoms with Gasteiger partial charge in [-0.2, -0.15) is 18.3 Å². The van der Waals surface area contributed by atoms with Gasteiger partial charge in [-0.1, -0.05) is 6.07 Å². The number of rotatable bonds is 4. The van der Waals surface area contributed by atoms with Gasteiger partial charge in [0.2, 0.25) is 0 Å². The SMILES string of the molecule is O=C(OCCn1cccn1)c1cccc(C(F)(F)F)c1F. The molecule has 0 aliphatic rings.